The molecule has 3 rings (SSSR count). The maximum absolute atomic E-state index is 12.1. The second kappa shape index (κ2) is 9.91. The lowest BCUT2D eigenvalue weighted by molar-refractivity contribution is -0.123. The molecule has 7 heteroatoms. The lowest BCUT2D eigenvalue weighted by Crippen LogP contribution is -2.28. The Morgan fingerprint density at radius 3 is 2.37 bits per heavy atom. The fourth-order valence-corrected chi connectivity index (χ4v) is 3.04. The Balaban J connectivity index is 1.41. The molecule has 0 bridgehead atoms. The van der Waals surface area contributed by atoms with Crippen molar-refractivity contribution < 1.29 is 19.1 Å². The van der Waals surface area contributed by atoms with E-state index in [1.165, 1.54) is 0 Å². The minimum Gasteiger partial charge on any atom is -0.484 e. The molecule has 1 fully saturated rings. The first-order valence-electron chi connectivity index (χ1n) is 10.1. The van der Waals surface area contributed by atoms with Gasteiger partial charge in [0.1, 0.15) is 5.75 Å². The molecule has 0 aromatic heterocycles. The lowest BCUT2D eigenvalue weighted by Gasteiger charge is -2.16. The van der Waals surface area contributed by atoms with Crippen LogP contribution in [-0.4, -0.2) is 30.9 Å². The molecule has 2 aromatic carbocycles. The Morgan fingerprint density at radius 1 is 1.07 bits per heavy atom. The Bertz CT molecular complexity index is 892. The highest BCUT2D eigenvalue weighted by Crippen LogP contribution is 2.23. The van der Waals surface area contributed by atoms with Crippen molar-refractivity contribution in [3.05, 3.63) is 54.1 Å². The van der Waals surface area contributed by atoms with E-state index >= 15 is 0 Å². The molecular formula is C23H27N3O4. The molecule has 30 heavy (non-hydrogen) atoms. The zero-order valence-electron chi connectivity index (χ0n) is 17.3. The van der Waals surface area contributed by atoms with Crippen molar-refractivity contribution in [3.8, 4) is 5.75 Å². The van der Waals surface area contributed by atoms with Crippen molar-refractivity contribution in [1.82, 2.24) is 5.32 Å². The van der Waals surface area contributed by atoms with Crippen molar-refractivity contribution in [3.63, 3.8) is 0 Å². The lowest BCUT2D eigenvalue weighted by atomic mass is 10.1. The van der Waals surface area contributed by atoms with Gasteiger partial charge in [-0.3, -0.25) is 14.4 Å². The first-order valence-corrected chi connectivity index (χ1v) is 10.1. The molecule has 7 nitrogen and oxygen atoms in total. The Morgan fingerprint density at radius 2 is 1.77 bits per heavy atom. The Kier molecular flexibility index (Phi) is 7.06. The van der Waals surface area contributed by atoms with Crippen LogP contribution in [0.5, 0.6) is 5.75 Å². The van der Waals surface area contributed by atoms with Crippen molar-refractivity contribution in [2.24, 2.45) is 5.92 Å². The summed E-state index contributed by atoms with van der Waals surface area (Å²) < 4.78 is 5.52. The standard InChI is InChI=1S/C23H27N3O4/c1-16(2)23(29)25-18-7-5-17(6-8-18)14-24-21(27)15-30-20-11-9-19(10-12-20)26-13-3-4-22(26)28/h5-12,16H,3-4,13-15H2,1-2H3,(H,24,27)(H,25,29). The van der Waals surface area contributed by atoms with E-state index in [4.69, 9.17) is 4.74 Å². The summed E-state index contributed by atoms with van der Waals surface area (Å²) in [5, 5.41) is 5.63. The number of rotatable bonds is 8. The van der Waals surface area contributed by atoms with Crippen LogP contribution in [0, 0.1) is 5.92 Å². The van der Waals surface area contributed by atoms with Gasteiger partial charge in [-0.1, -0.05) is 26.0 Å². The fraction of sp³-hybridized carbons (Fsp3) is 0.348. The number of hydrogen-bond donors (Lipinski definition) is 2. The molecule has 2 N–H and O–H groups in total. The summed E-state index contributed by atoms with van der Waals surface area (Å²) in [6.07, 6.45) is 1.47. The highest BCUT2D eigenvalue weighted by atomic mass is 16.5. The van der Waals surface area contributed by atoms with Crippen LogP contribution in [0.1, 0.15) is 32.3 Å². The second-order valence-electron chi connectivity index (χ2n) is 7.55. The third-order valence-electron chi connectivity index (χ3n) is 4.83. The number of hydrogen-bond acceptors (Lipinski definition) is 4. The number of ether oxygens (including phenoxy) is 1. The van der Waals surface area contributed by atoms with Crippen molar-refractivity contribution in [2.75, 3.05) is 23.4 Å². The van der Waals surface area contributed by atoms with Crippen molar-refractivity contribution in [1.29, 1.82) is 0 Å². The zero-order valence-corrected chi connectivity index (χ0v) is 17.3. The molecule has 0 spiro atoms. The highest BCUT2D eigenvalue weighted by molar-refractivity contribution is 5.95. The highest BCUT2D eigenvalue weighted by Gasteiger charge is 2.21. The van der Waals surface area contributed by atoms with Crippen LogP contribution in [0.2, 0.25) is 0 Å². The van der Waals surface area contributed by atoms with E-state index in [0.717, 1.165) is 29.9 Å². The normalized spacial score (nSPS) is 13.4. The van der Waals surface area contributed by atoms with E-state index < -0.39 is 0 Å². The summed E-state index contributed by atoms with van der Waals surface area (Å²) in [5.41, 5.74) is 2.50. The van der Waals surface area contributed by atoms with Gasteiger partial charge in [-0.2, -0.15) is 0 Å². The molecular weight excluding hydrogens is 382 g/mol. The molecule has 0 aliphatic carbocycles. The first kappa shape index (κ1) is 21.4. The third kappa shape index (κ3) is 5.83. The van der Waals surface area contributed by atoms with Gasteiger partial charge in [0.15, 0.2) is 6.61 Å². The minimum absolute atomic E-state index is 0.0340. The van der Waals surface area contributed by atoms with Gasteiger partial charge in [0.2, 0.25) is 11.8 Å². The second-order valence-corrected chi connectivity index (χ2v) is 7.55. The number of anilines is 2. The van der Waals surface area contributed by atoms with E-state index in [2.05, 4.69) is 10.6 Å². The Hall–Kier alpha value is -3.35. The van der Waals surface area contributed by atoms with Crippen molar-refractivity contribution in [2.45, 2.75) is 33.2 Å². The minimum atomic E-state index is -0.231. The van der Waals surface area contributed by atoms with Crippen molar-refractivity contribution >= 4 is 29.1 Å². The number of carbonyl (C=O) groups is 3. The summed E-state index contributed by atoms with van der Waals surface area (Å²) >= 11 is 0. The molecule has 1 aliphatic heterocycles. The summed E-state index contributed by atoms with van der Waals surface area (Å²) in [6, 6.07) is 14.5. The molecule has 0 unspecified atom stereocenters. The number of nitrogens with one attached hydrogen (secondary N) is 2. The number of carbonyl (C=O) groups excluding carboxylic acids is 3. The maximum Gasteiger partial charge on any atom is 0.258 e. The average molecular weight is 409 g/mol. The van der Waals surface area contributed by atoms with Crippen LogP contribution in [0.15, 0.2) is 48.5 Å². The van der Waals surface area contributed by atoms with E-state index in [0.29, 0.717) is 18.7 Å². The van der Waals surface area contributed by atoms with Crippen LogP contribution < -0.4 is 20.3 Å². The van der Waals surface area contributed by atoms with Gasteiger partial charge in [-0.15, -0.1) is 0 Å². The monoisotopic (exact) mass is 409 g/mol. The van der Waals surface area contributed by atoms with Gasteiger partial charge >= 0.3 is 0 Å². The third-order valence-corrected chi connectivity index (χ3v) is 4.83. The van der Waals surface area contributed by atoms with E-state index in [9.17, 15) is 14.4 Å². The molecule has 1 aliphatic rings. The van der Waals surface area contributed by atoms with Crippen LogP contribution in [0.4, 0.5) is 11.4 Å². The average Bonchev–Trinajstić information content (AvgIpc) is 3.18. The van der Waals surface area contributed by atoms with E-state index in [-0.39, 0.29) is 30.2 Å². The summed E-state index contributed by atoms with van der Waals surface area (Å²) in [4.78, 5) is 37.3. The zero-order chi connectivity index (χ0) is 21.5. The molecule has 1 saturated heterocycles. The predicted molar refractivity (Wildman–Crippen MR) is 115 cm³/mol. The van der Waals surface area contributed by atoms with Gasteiger partial charge in [-0.25, -0.2) is 0 Å². The topological polar surface area (TPSA) is 87.7 Å². The summed E-state index contributed by atoms with van der Waals surface area (Å²) in [7, 11) is 0. The number of benzene rings is 2. The summed E-state index contributed by atoms with van der Waals surface area (Å²) in [6.45, 7) is 4.70. The molecule has 0 atom stereocenters. The molecule has 0 radical (unpaired) electrons. The van der Waals surface area contributed by atoms with Gasteiger partial charge in [0, 0.05) is 36.8 Å². The van der Waals surface area contributed by atoms with Gasteiger partial charge in [-0.05, 0) is 48.4 Å². The largest absolute Gasteiger partial charge is 0.484 e. The van der Waals surface area contributed by atoms with E-state index in [1.807, 2.05) is 50.2 Å². The quantitative estimate of drug-likeness (QED) is 0.701. The van der Waals surface area contributed by atoms with Crippen LogP contribution in [-0.2, 0) is 20.9 Å². The van der Waals surface area contributed by atoms with E-state index in [1.54, 1.807) is 17.0 Å². The SMILES string of the molecule is CC(C)C(=O)Nc1ccc(CNC(=O)COc2ccc(N3CCCC3=O)cc2)cc1. The fourth-order valence-electron chi connectivity index (χ4n) is 3.04. The maximum atomic E-state index is 12.1. The molecule has 3 amide bonds. The Labute approximate surface area is 176 Å². The van der Waals surface area contributed by atoms with Gasteiger partial charge in [0.05, 0.1) is 0 Å². The molecule has 158 valence electrons. The summed E-state index contributed by atoms with van der Waals surface area (Å²) in [5.74, 6) is 0.367. The van der Waals surface area contributed by atoms with Crippen LogP contribution >= 0.6 is 0 Å². The number of nitrogens with zero attached hydrogens (tertiary/aromatic N) is 1. The first-order chi connectivity index (χ1) is 14.4. The van der Waals surface area contributed by atoms with Gasteiger partial charge in [0.25, 0.3) is 5.91 Å². The van der Waals surface area contributed by atoms with Crippen LogP contribution in [0.3, 0.4) is 0 Å². The van der Waals surface area contributed by atoms with Gasteiger partial charge < -0.3 is 20.3 Å². The van der Waals surface area contributed by atoms with Crippen LogP contribution in [0.25, 0.3) is 0 Å². The number of amides is 3. The molecule has 1 heterocycles. The predicted octanol–water partition coefficient (Wildman–Crippen LogP) is 3.10. The molecule has 0 saturated carbocycles. The molecule has 2 aromatic rings. The smallest absolute Gasteiger partial charge is 0.258 e.